The van der Waals surface area contributed by atoms with Crippen molar-refractivity contribution in [2.24, 2.45) is 29.5 Å². The second-order valence-corrected chi connectivity index (χ2v) is 5.57. The highest BCUT2D eigenvalue weighted by Gasteiger charge is 2.48. The van der Waals surface area contributed by atoms with E-state index in [9.17, 15) is 4.79 Å². The van der Waals surface area contributed by atoms with Gasteiger partial charge in [-0.1, -0.05) is 0 Å². The van der Waals surface area contributed by atoms with Gasteiger partial charge < -0.3 is 5.32 Å². The smallest absolute Gasteiger partial charge is 0.329 e. The van der Waals surface area contributed by atoms with Gasteiger partial charge in [0.25, 0.3) is 0 Å². The van der Waals surface area contributed by atoms with Crippen molar-refractivity contribution in [3.8, 4) is 0 Å². The van der Waals surface area contributed by atoms with E-state index in [4.69, 9.17) is 5.84 Å². The number of hydrogen-bond acceptors (Lipinski definition) is 2. The molecule has 0 radical (unpaired) electrons. The molecule has 0 aromatic heterocycles. The molecule has 2 amide bonds. The maximum Gasteiger partial charge on any atom is 0.329 e. The van der Waals surface area contributed by atoms with Crippen molar-refractivity contribution in [1.82, 2.24) is 10.7 Å². The Morgan fingerprint density at radius 3 is 2.00 bits per heavy atom. The van der Waals surface area contributed by atoms with Crippen molar-refractivity contribution in [1.29, 1.82) is 0 Å². The number of nitrogens with two attached hydrogens (primary N) is 1. The highest BCUT2D eigenvalue weighted by atomic mass is 16.2. The fourth-order valence-corrected chi connectivity index (χ4v) is 4.35. The molecule has 4 nitrogen and oxygen atoms in total. The van der Waals surface area contributed by atoms with Gasteiger partial charge in [0.1, 0.15) is 0 Å². The van der Waals surface area contributed by atoms with E-state index >= 15 is 0 Å². The molecule has 4 rings (SSSR count). The number of carbonyl (C=O) groups is 1. The number of rotatable bonds is 1. The quantitative estimate of drug-likeness (QED) is 0.342. The van der Waals surface area contributed by atoms with Crippen LogP contribution in [0.5, 0.6) is 0 Å². The Kier molecular flexibility index (Phi) is 2.12. The molecule has 0 saturated heterocycles. The van der Waals surface area contributed by atoms with Crippen LogP contribution in [-0.4, -0.2) is 12.1 Å². The van der Waals surface area contributed by atoms with Crippen molar-refractivity contribution in [2.45, 2.75) is 38.1 Å². The summed E-state index contributed by atoms with van der Waals surface area (Å²) in [5.74, 6) is 8.46. The van der Waals surface area contributed by atoms with Gasteiger partial charge >= 0.3 is 6.03 Å². The molecule has 0 aromatic carbocycles. The van der Waals surface area contributed by atoms with Crippen molar-refractivity contribution in [3.05, 3.63) is 0 Å². The van der Waals surface area contributed by atoms with Crippen LogP contribution in [0.4, 0.5) is 4.79 Å². The highest BCUT2D eigenvalue weighted by Crippen LogP contribution is 2.53. The second kappa shape index (κ2) is 3.37. The second-order valence-electron chi connectivity index (χ2n) is 5.57. The monoisotopic (exact) mass is 209 g/mol. The summed E-state index contributed by atoms with van der Waals surface area (Å²) in [4.78, 5) is 11.3. The van der Waals surface area contributed by atoms with Crippen molar-refractivity contribution >= 4 is 6.03 Å². The first-order valence-corrected chi connectivity index (χ1v) is 6.03. The van der Waals surface area contributed by atoms with E-state index in [0.29, 0.717) is 6.04 Å². The molecule has 0 atom stereocenters. The van der Waals surface area contributed by atoms with Crippen molar-refractivity contribution < 1.29 is 4.79 Å². The number of urea groups is 1. The summed E-state index contributed by atoms with van der Waals surface area (Å²) in [5.41, 5.74) is 2.17. The molecule has 4 heteroatoms. The zero-order chi connectivity index (χ0) is 10.4. The van der Waals surface area contributed by atoms with Crippen LogP contribution in [0.2, 0.25) is 0 Å². The molecule has 4 aliphatic carbocycles. The molecular formula is C11H19N3O. The number of nitrogens with one attached hydrogen (secondary N) is 2. The zero-order valence-electron chi connectivity index (χ0n) is 8.91. The number of amides is 2. The van der Waals surface area contributed by atoms with Gasteiger partial charge in [-0.25, -0.2) is 10.6 Å². The van der Waals surface area contributed by atoms with Gasteiger partial charge in [0, 0.05) is 6.04 Å². The maximum absolute atomic E-state index is 11.3. The minimum absolute atomic E-state index is 0.215. The van der Waals surface area contributed by atoms with Crippen LogP contribution in [0.1, 0.15) is 32.1 Å². The van der Waals surface area contributed by atoms with Crippen LogP contribution in [0.15, 0.2) is 0 Å². The van der Waals surface area contributed by atoms with E-state index in [1.165, 1.54) is 32.1 Å². The number of hydrazine groups is 1. The summed E-state index contributed by atoms with van der Waals surface area (Å²) in [6.07, 6.45) is 6.73. The van der Waals surface area contributed by atoms with E-state index in [2.05, 4.69) is 10.7 Å². The number of hydrogen-bond donors (Lipinski definition) is 3. The van der Waals surface area contributed by atoms with Gasteiger partial charge in [0.15, 0.2) is 0 Å². The van der Waals surface area contributed by atoms with Crippen LogP contribution in [0.25, 0.3) is 0 Å². The zero-order valence-corrected chi connectivity index (χ0v) is 8.91. The van der Waals surface area contributed by atoms with Gasteiger partial charge in [-0.2, -0.15) is 0 Å². The van der Waals surface area contributed by atoms with Gasteiger partial charge in [0.2, 0.25) is 0 Å². The largest absolute Gasteiger partial charge is 0.334 e. The van der Waals surface area contributed by atoms with Gasteiger partial charge in [-0.15, -0.1) is 0 Å². The SMILES string of the molecule is NNC(=O)NC1C2CC3CC(C2)CC1C3. The molecule has 0 aliphatic heterocycles. The molecule has 0 aromatic rings. The Labute approximate surface area is 89.9 Å². The first-order valence-electron chi connectivity index (χ1n) is 6.03. The molecule has 4 N–H and O–H groups in total. The van der Waals surface area contributed by atoms with E-state index in [0.717, 1.165) is 23.7 Å². The lowest BCUT2D eigenvalue weighted by atomic mass is 9.54. The lowest BCUT2D eigenvalue weighted by Crippen LogP contribution is -2.58. The standard InChI is InChI=1S/C11H19N3O/c12-14-11(15)13-10-8-2-6-1-7(4-8)5-9(10)3-6/h6-10H,1-5,12H2,(H2,13,14,15). The van der Waals surface area contributed by atoms with Gasteiger partial charge in [-0.05, 0) is 55.8 Å². The van der Waals surface area contributed by atoms with E-state index < -0.39 is 0 Å². The molecule has 4 fully saturated rings. The van der Waals surface area contributed by atoms with Crippen LogP contribution in [0, 0.1) is 23.7 Å². The van der Waals surface area contributed by atoms with E-state index in [1.54, 1.807) is 0 Å². The van der Waals surface area contributed by atoms with Crippen LogP contribution in [-0.2, 0) is 0 Å². The highest BCUT2D eigenvalue weighted by molar-refractivity contribution is 5.73. The van der Waals surface area contributed by atoms with Gasteiger partial charge in [0.05, 0.1) is 0 Å². The Morgan fingerprint density at radius 2 is 1.53 bits per heavy atom. The average Bonchev–Trinajstić information content (AvgIpc) is 2.22. The molecule has 4 aliphatic rings. The Balaban J connectivity index is 1.72. The third-order valence-corrected chi connectivity index (χ3v) is 4.66. The molecule has 0 unspecified atom stereocenters. The van der Waals surface area contributed by atoms with Crippen molar-refractivity contribution in [2.75, 3.05) is 0 Å². The lowest BCUT2D eigenvalue weighted by molar-refractivity contribution is -0.00940. The molecular weight excluding hydrogens is 190 g/mol. The van der Waals surface area contributed by atoms with Crippen LogP contribution < -0.4 is 16.6 Å². The molecule has 0 heterocycles. The van der Waals surface area contributed by atoms with Crippen LogP contribution >= 0.6 is 0 Å². The Hall–Kier alpha value is -0.770. The molecule has 15 heavy (non-hydrogen) atoms. The normalized spacial score (nSPS) is 46.6. The maximum atomic E-state index is 11.3. The summed E-state index contributed by atoms with van der Waals surface area (Å²) < 4.78 is 0. The first-order chi connectivity index (χ1) is 7.26. The molecule has 84 valence electrons. The summed E-state index contributed by atoms with van der Waals surface area (Å²) >= 11 is 0. The van der Waals surface area contributed by atoms with E-state index in [1.807, 2.05) is 0 Å². The molecule has 4 bridgehead atoms. The average molecular weight is 209 g/mol. The topological polar surface area (TPSA) is 67.1 Å². The number of carbonyl (C=O) groups excluding carboxylic acids is 1. The van der Waals surface area contributed by atoms with Gasteiger partial charge in [-0.3, -0.25) is 5.43 Å². The summed E-state index contributed by atoms with van der Waals surface area (Å²) in [6.45, 7) is 0. The molecule has 0 spiro atoms. The Bertz CT molecular complexity index is 251. The fraction of sp³-hybridized carbons (Fsp3) is 0.909. The minimum atomic E-state index is -0.215. The molecule has 4 saturated carbocycles. The minimum Gasteiger partial charge on any atom is -0.334 e. The predicted octanol–water partition coefficient (Wildman–Crippen LogP) is 0.984. The summed E-state index contributed by atoms with van der Waals surface area (Å²) in [5, 5.41) is 3.04. The first kappa shape index (κ1) is 9.46. The Morgan fingerprint density at radius 1 is 1.00 bits per heavy atom. The predicted molar refractivity (Wildman–Crippen MR) is 56.7 cm³/mol. The third kappa shape index (κ3) is 1.51. The van der Waals surface area contributed by atoms with E-state index in [-0.39, 0.29) is 6.03 Å². The summed E-state index contributed by atoms with van der Waals surface area (Å²) in [6, 6.07) is 0.175. The summed E-state index contributed by atoms with van der Waals surface area (Å²) in [7, 11) is 0. The lowest BCUT2D eigenvalue weighted by Gasteiger charge is -2.54. The van der Waals surface area contributed by atoms with Crippen molar-refractivity contribution in [3.63, 3.8) is 0 Å². The van der Waals surface area contributed by atoms with Crippen LogP contribution in [0.3, 0.4) is 0 Å². The third-order valence-electron chi connectivity index (χ3n) is 4.66. The fourth-order valence-electron chi connectivity index (χ4n) is 4.35.